The molecule has 0 amide bonds. The summed E-state index contributed by atoms with van der Waals surface area (Å²) in [5.74, 6) is 0.0876. The molecule has 19 heavy (non-hydrogen) atoms. The molecule has 1 aliphatic carbocycles. The van der Waals surface area contributed by atoms with Crippen molar-refractivity contribution in [2.45, 2.75) is 38.6 Å². The smallest absolute Gasteiger partial charge is 0.161 e. The molecule has 0 spiro atoms. The third-order valence-electron chi connectivity index (χ3n) is 3.72. The second-order valence-electron chi connectivity index (χ2n) is 5.07. The summed E-state index contributed by atoms with van der Waals surface area (Å²) >= 11 is 3.42. The minimum Gasteiger partial charge on any atom is -0.396 e. The van der Waals surface area contributed by atoms with Crippen LogP contribution in [-0.2, 0) is 0 Å². The number of carbonyl (C=O) groups is 1. The Bertz CT molecular complexity index is 457. The molecule has 1 N–H and O–H groups in total. The standard InChI is InChI=1S/C15H20BrNO2/c1-11(19)14-10-12(16)6-7-15(14)17(8-3-9-18)13-4-2-5-13/h6-7,10,13,18H,2-5,8-9H2,1H3. The number of aliphatic hydroxyl groups is 1. The highest BCUT2D eigenvalue weighted by Gasteiger charge is 2.27. The van der Waals surface area contributed by atoms with Gasteiger partial charge in [-0.05, 0) is 50.8 Å². The monoisotopic (exact) mass is 325 g/mol. The van der Waals surface area contributed by atoms with Gasteiger partial charge in [-0.3, -0.25) is 4.79 Å². The second kappa shape index (κ2) is 6.53. The van der Waals surface area contributed by atoms with Gasteiger partial charge >= 0.3 is 0 Å². The van der Waals surface area contributed by atoms with Crippen molar-refractivity contribution in [2.75, 3.05) is 18.1 Å². The summed E-state index contributed by atoms with van der Waals surface area (Å²) in [6.45, 7) is 2.61. The van der Waals surface area contributed by atoms with Crippen LogP contribution in [0, 0.1) is 0 Å². The number of halogens is 1. The second-order valence-corrected chi connectivity index (χ2v) is 5.99. The van der Waals surface area contributed by atoms with Crippen molar-refractivity contribution < 1.29 is 9.90 Å². The molecule has 2 rings (SSSR count). The lowest BCUT2D eigenvalue weighted by Crippen LogP contribution is -2.41. The van der Waals surface area contributed by atoms with Gasteiger partial charge in [-0.1, -0.05) is 15.9 Å². The number of anilines is 1. The molecule has 104 valence electrons. The van der Waals surface area contributed by atoms with Crippen LogP contribution in [0.1, 0.15) is 43.0 Å². The fourth-order valence-corrected chi connectivity index (χ4v) is 2.84. The van der Waals surface area contributed by atoms with E-state index in [1.807, 2.05) is 18.2 Å². The molecule has 3 nitrogen and oxygen atoms in total. The SMILES string of the molecule is CC(=O)c1cc(Br)ccc1N(CCCO)C1CCC1. The molecule has 0 atom stereocenters. The van der Waals surface area contributed by atoms with Crippen molar-refractivity contribution in [3.8, 4) is 0 Å². The highest BCUT2D eigenvalue weighted by molar-refractivity contribution is 9.10. The van der Waals surface area contributed by atoms with Gasteiger partial charge in [0.1, 0.15) is 0 Å². The molecule has 0 radical (unpaired) electrons. The number of aliphatic hydroxyl groups excluding tert-OH is 1. The third kappa shape index (κ3) is 3.37. The molecule has 0 saturated heterocycles. The van der Waals surface area contributed by atoms with E-state index in [4.69, 9.17) is 5.11 Å². The van der Waals surface area contributed by atoms with Crippen LogP contribution >= 0.6 is 15.9 Å². The normalized spacial score (nSPS) is 15.1. The van der Waals surface area contributed by atoms with E-state index in [-0.39, 0.29) is 12.4 Å². The molecular formula is C15H20BrNO2. The lowest BCUT2D eigenvalue weighted by Gasteiger charge is -2.40. The number of ketones is 1. The molecule has 1 fully saturated rings. The number of Topliss-reactive ketones (excluding diaryl/α,β-unsaturated/α-hetero) is 1. The largest absolute Gasteiger partial charge is 0.396 e. The summed E-state index contributed by atoms with van der Waals surface area (Å²) in [4.78, 5) is 14.1. The van der Waals surface area contributed by atoms with Gasteiger partial charge in [-0.2, -0.15) is 0 Å². The summed E-state index contributed by atoms with van der Waals surface area (Å²) in [5.41, 5.74) is 1.77. The summed E-state index contributed by atoms with van der Waals surface area (Å²) in [6, 6.07) is 6.40. The Hall–Kier alpha value is -0.870. The van der Waals surface area contributed by atoms with E-state index in [2.05, 4.69) is 20.8 Å². The lowest BCUT2D eigenvalue weighted by molar-refractivity contribution is 0.101. The van der Waals surface area contributed by atoms with Crippen molar-refractivity contribution >= 4 is 27.4 Å². The minimum absolute atomic E-state index is 0.0876. The topological polar surface area (TPSA) is 40.5 Å². The van der Waals surface area contributed by atoms with Crippen LogP contribution in [0.5, 0.6) is 0 Å². The number of benzene rings is 1. The maximum absolute atomic E-state index is 11.8. The van der Waals surface area contributed by atoms with Crippen LogP contribution in [0.3, 0.4) is 0 Å². The molecule has 0 aromatic heterocycles. The zero-order valence-electron chi connectivity index (χ0n) is 11.2. The summed E-state index contributed by atoms with van der Waals surface area (Å²) < 4.78 is 0.928. The highest BCUT2D eigenvalue weighted by Crippen LogP contribution is 2.33. The van der Waals surface area contributed by atoms with Crippen molar-refractivity contribution in [2.24, 2.45) is 0 Å². The Morgan fingerprint density at radius 3 is 2.74 bits per heavy atom. The lowest BCUT2D eigenvalue weighted by atomic mass is 9.90. The third-order valence-corrected chi connectivity index (χ3v) is 4.21. The predicted molar refractivity (Wildman–Crippen MR) is 80.8 cm³/mol. The molecule has 1 aromatic rings. The molecule has 0 unspecified atom stereocenters. The van der Waals surface area contributed by atoms with Gasteiger partial charge in [0.25, 0.3) is 0 Å². The molecule has 1 aliphatic rings. The van der Waals surface area contributed by atoms with E-state index >= 15 is 0 Å². The van der Waals surface area contributed by atoms with Crippen LogP contribution < -0.4 is 4.90 Å². The first kappa shape index (κ1) is 14.5. The molecule has 0 bridgehead atoms. The van der Waals surface area contributed by atoms with Gasteiger partial charge in [0.2, 0.25) is 0 Å². The van der Waals surface area contributed by atoms with E-state index in [9.17, 15) is 4.79 Å². The van der Waals surface area contributed by atoms with Gasteiger partial charge in [-0.25, -0.2) is 0 Å². The average molecular weight is 326 g/mol. The molecule has 1 aromatic carbocycles. The summed E-state index contributed by atoms with van der Waals surface area (Å²) in [5, 5.41) is 9.06. The zero-order chi connectivity index (χ0) is 13.8. The van der Waals surface area contributed by atoms with Gasteiger partial charge in [0.05, 0.1) is 0 Å². The van der Waals surface area contributed by atoms with Crippen molar-refractivity contribution in [3.63, 3.8) is 0 Å². The first-order valence-corrected chi connectivity index (χ1v) is 7.60. The van der Waals surface area contributed by atoms with Crippen LogP contribution in [0.15, 0.2) is 22.7 Å². The van der Waals surface area contributed by atoms with Crippen molar-refractivity contribution in [1.82, 2.24) is 0 Å². The van der Waals surface area contributed by atoms with E-state index in [1.165, 1.54) is 19.3 Å². The molecule has 0 heterocycles. The number of hydrogen-bond acceptors (Lipinski definition) is 3. The van der Waals surface area contributed by atoms with Gasteiger partial charge in [0, 0.05) is 34.9 Å². The van der Waals surface area contributed by atoms with E-state index in [0.717, 1.165) is 28.7 Å². The van der Waals surface area contributed by atoms with Crippen molar-refractivity contribution in [1.29, 1.82) is 0 Å². The molecule has 1 saturated carbocycles. The maximum Gasteiger partial charge on any atom is 0.161 e. The maximum atomic E-state index is 11.8. The first-order valence-electron chi connectivity index (χ1n) is 6.81. The van der Waals surface area contributed by atoms with E-state index in [1.54, 1.807) is 6.92 Å². The summed E-state index contributed by atoms with van der Waals surface area (Å²) in [7, 11) is 0. The average Bonchev–Trinajstić information content (AvgIpc) is 2.32. The number of carbonyl (C=O) groups excluding carboxylic acids is 1. The minimum atomic E-state index is 0.0876. The number of hydrogen-bond donors (Lipinski definition) is 1. The van der Waals surface area contributed by atoms with Crippen LogP contribution in [0.25, 0.3) is 0 Å². The fourth-order valence-electron chi connectivity index (χ4n) is 2.48. The zero-order valence-corrected chi connectivity index (χ0v) is 12.8. The highest BCUT2D eigenvalue weighted by atomic mass is 79.9. The fraction of sp³-hybridized carbons (Fsp3) is 0.533. The Morgan fingerprint density at radius 2 is 2.21 bits per heavy atom. The Morgan fingerprint density at radius 1 is 1.47 bits per heavy atom. The van der Waals surface area contributed by atoms with Crippen molar-refractivity contribution in [3.05, 3.63) is 28.2 Å². The molecule has 4 heteroatoms. The quantitative estimate of drug-likeness (QED) is 0.815. The van der Waals surface area contributed by atoms with Crippen LogP contribution in [0.4, 0.5) is 5.69 Å². The Labute approximate surface area is 122 Å². The van der Waals surface area contributed by atoms with Crippen LogP contribution in [-0.4, -0.2) is 30.1 Å². The van der Waals surface area contributed by atoms with Gasteiger partial charge < -0.3 is 10.0 Å². The summed E-state index contributed by atoms with van der Waals surface area (Å²) in [6.07, 6.45) is 4.35. The van der Waals surface area contributed by atoms with Gasteiger partial charge in [0.15, 0.2) is 5.78 Å². The first-order chi connectivity index (χ1) is 9.13. The van der Waals surface area contributed by atoms with E-state index < -0.39 is 0 Å². The Balaban J connectivity index is 2.31. The molecule has 0 aliphatic heterocycles. The van der Waals surface area contributed by atoms with Crippen LogP contribution in [0.2, 0.25) is 0 Å². The van der Waals surface area contributed by atoms with Gasteiger partial charge in [-0.15, -0.1) is 0 Å². The van der Waals surface area contributed by atoms with E-state index in [0.29, 0.717) is 6.04 Å². The Kier molecular flexibility index (Phi) is 4.99. The number of nitrogens with zero attached hydrogens (tertiary/aromatic N) is 1. The predicted octanol–water partition coefficient (Wildman–Crippen LogP) is 3.39. The number of rotatable bonds is 6. The molecular weight excluding hydrogens is 306 g/mol.